The summed E-state index contributed by atoms with van der Waals surface area (Å²) in [6, 6.07) is 6.61. The number of amides is 1. The monoisotopic (exact) mass is 416 g/mol. The molecule has 10 heteroatoms. The molecule has 1 aliphatic heterocycles. The Hall–Kier alpha value is -3.56. The topological polar surface area (TPSA) is 107 Å². The highest BCUT2D eigenvalue weighted by molar-refractivity contribution is 5.79. The second-order valence-electron chi connectivity index (χ2n) is 6.71. The molecule has 2 aromatic rings. The Morgan fingerprint density at radius 2 is 1.70 bits per heavy atom. The lowest BCUT2D eigenvalue weighted by Crippen LogP contribution is -2.49. The first kappa shape index (κ1) is 21.2. The number of anilines is 1. The number of ether oxygens (including phenoxy) is 3. The van der Waals surface area contributed by atoms with E-state index in [1.807, 2.05) is 4.90 Å². The third-order valence-corrected chi connectivity index (χ3v) is 4.98. The van der Waals surface area contributed by atoms with Gasteiger partial charge in [-0.15, -0.1) is 0 Å². The third-order valence-electron chi connectivity index (χ3n) is 4.98. The van der Waals surface area contributed by atoms with Gasteiger partial charge in [-0.2, -0.15) is 0 Å². The molecule has 160 valence electrons. The van der Waals surface area contributed by atoms with E-state index in [-0.39, 0.29) is 18.0 Å². The predicted octanol–water partition coefficient (Wildman–Crippen LogP) is 1.91. The molecule has 1 saturated heterocycles. The average molecular weight is 416 g/mol. The minimum absolute atomic E-state index is 0.000539. The molecule has 0 aliphatic carbocycles. The molecular weight excluding hydrogens is 392 g/mol. The van der Waals surface area contributed by atoms with Crippen LogP contribution in [-0.2, 0) is 11.2 Å². The van der Waals surface area contributed by atoms with Crippen molar-refractivity contribution in [3.63, 3.8) is 0 Å². The highest BCUT2D eigenvalue weighted by atomic mass is 16.6. The van der Waals surface area contributed by atoms with Gasteiger partial charge in [-0.25, -0.2) is 4.98 Å². The summed E-state index contributed by atoms with van der Waals surface area (Å²) < 4.78 is 16.0. The van der Waals surface area contributed by atoms with E-state index < -0.39 is 4.92 Å². The van der Waals surface area contributed by atoms with Crippen molar-refractivity contribution in [2.24, 2.45) is 0 Å². The van der Waals surface area contributed by atoms with E-state index >= 15 is 0 Å². The van der Waals surface area contributed by atoms with Crippen LogP contribution in [0.4, 0.5) is 11.5 Å². The summed E-state index contributed by atoms with van der Waals surface area (Å²) in [5.41, 5.74) is 0.729. The van der Waals surface area contributed by atoms with Crippen LogP contribution in [0.2, 0.25) is 0 Å². The van der Waals surface area contributed by atoms with Crippen molar-refractivity contribution in [3.8, 4) is 17.2 Å². The maximum Gasteiger partial charge on any atom is 0.287 e. The van der Waals surface area contributed by atoms with Gasteiger partial charge in [0, 0.05) is 32.2 Å². The van der Waals surface area contributed by atoms with E-state index in [2.05, 4.69) is 4.98 Å². The number of piperazine rings is 1. The quantitative estimate of drug-likeness (QED) is 0.498. The minimum Gasteiger partial charge on any atom is -0.493 e. The lowest BCUT2D eigenvalue weighted by molar-refractivity contribution is -0.385. The number of nitrogens with zero attached hydrogens (tertiary/aromatic N) is 4. The number of carbonyl (C=O) groups excluding carboxylic acids is 1. The van der Waals surface area contributed by atoms with E-state index in [0.717, 1.165) is 5.56 Å². The molecule has 1 fully saturated rings. The number of carbonyl (C=O) groups is 1. The fourth-order valence-electron chi connectivity index (χ4n) is 3.38. The molecule has 30 heavy (non-hydrogen) atoms. The molecule has 3 rings (SSSR count). The van der Waals surface area contributed by atoms with Crippen LogP contribution in [0.1, 0.15) is 5.56 Å². The van der Waals surface area contributed by atoms with Crippen molar-refractivity contribution in [2.75, 3.05) is 52.4 Å². The van der Waals surface area contributed by atoms with Crippen molar-refractivity contribution in [3.05, 3.63) is 46.1 Å². The predicted molar refractivity (Wildman–Crippen MR) is 109 cm³/mol. The van der Waals surface area contributed by atoms with Crippen LogP contribution in [0.15, 0.2) is 30.5 Å². The Balaban J connectivity index is 1.62. The maximum atomic E-state index is 12.8. The van der Waals surface area contributed by atoms with Crippen LogP contribution in [-0.4, -0.2) is 68.2 Å². The zero-order valence-electron chi connectivity index (χ0n) is 17.2. The van der Waals surface area contributed by atoms with E-state index in [1.165, 1.54) is 33.6 Å². The van der Waals surface area contributed by atoms with E-state index in [1.54, 1.807) is 23.1 Å². The summed E-state index contributed by atoms with van der Waals surface area (Å²) in [4.78, 5) is 31.0. The molecule has 0 atom stereocenters. The summed E-state index contributed by atoms with van der Waals surface area (Å²) in [5.74, 6) is 2.17. The van der Waals surface area contributed by atoms with Gasteiger partial charge in [0.25, 0.3) is 5.69 Å². The fraction of sp³-hybridized carbons (Fsp3) is 0.400. The Morgan fingerprint density at radius 1 is 1.07 bits per heavy atom. The molecule has 0 bridgehead atoms. The van der Waals surface area contributed by atoms with Gasteiger partial charge in [0.1, 0.15) is 12.0 Å². The fourth-order valence-corrected chi connectivity index (χ4v) is 3.38. The Morgan fingerprint density at radius 3 is 2.17 bits per heavy atom. The molecule has 2 heterocycles. The molecule has 1 aromatic carbocycles. The van der Waals surface area contributed by atoms with E-state index in [0.29, 0.717) is 49.2 Å². The van der Waals surface area contributed by atoms with Crippen molar-refractivity contribution in [2.45, 2.75) is 6.42 Å². The number of nitro groups is 1. The molecule has 0 radical (unpaired) electrons. The molecule has 10 nitrogen and oxygen atoms in total. The largest absolute Gasteiger partial charge is 0.493 e. The van der Waals surface area contributed by atoms with Crippen LogP contribution < -0.4 is 19.1 Å². The van der Waals surface area contributed by atoms with Gasteiger partial charge in [-0.05, 0) is 23.8 Å². The summed E-state index contributed by atoms with van der Waals surface area (Å²) in [7, 11) is 4.60. The van der Waals surface area contributed by atoms with Gasteiger partial charge in [-0.1, -0.05) is 0 Å². The molecule has 1 amide bonds. The van der Waals surface area contributed by atoms with Gasteiger partial charge < -0.3 is 24.0 Å². The van der Waals surface area contributed by atoms with Crippen molar-refractivity contribution >= 4 is 17.4 Å². The van der Waals surface area contributed by atoms with Crippen LogP contribution in [0, 0.1) is 10.1 Å². The number of pyridine rings is 1. The maximum absolute atomic E-state index is 12.8. The molecule has 0 N–H and O–H groups in total. The van der Waals surface area contributed by atoms with E-state index in [4.69, 9.17) is 14.2 Å². The van der Waals surface area contributed by atoms with Gasteiger partial charge in [-0.3, -0.25) is 14.9 Å². The van der Waals surface area contributed by atoms with Crippen LogP contribution in [0.3, 0.4) is 0 Å². The Kier molecular flexibility index (Phi) is 6.55. The molecular formula is C20H24N4O6. The number of hydrogen-bond donors (Lipinski definition) is 0. The number of benzene rings is 1. The standard InChI is InChI=1S/C20H24N4O6/c1-28-16-10-14(11-17(29-2)20(16)30-3)12-19(25)23-8-6-22(7-9-23)18-5-4-15(13-21-18)24(26)27/h4-5,10-11,13H,6-9,12H2,1-3H3. The number of aromatic nitrogens is 1. The number of methoxy groups -OCH3 is 3. The number of hydrogen-bond acceptors (Lipinski definition) is 8. The second kappa shape index (κ2) is 9.29. The normalized spacial score (nSPS) is 13.7. The van der Waals surface area contributed by atoms with Gasteiger partial charge in [0.2, 0.25) is 11.7 Å². The van der Waals surface area contributed by atoms with Crippen LogP contribution >= 0.6 is 0 Å². The zero-order chi connectivity index (χ0) is 21.7. The smallest absolute Gasteiger partial charge is 0.287 e. The second-order valence-corrected chi connectivity index (χ2v) is 6.71. The van der Waals surface area contributed by atoms with Gasteiger partial charge in [0.05, 0.1) is 32.7 Å². The summed E-state index contributed by atoms with van der Waals surface area (Å²) in [6.07, 6.45) is 1.46. The molecule has 1 aromatic heterocycles. The van der Waals surface area contributed by atoms with Gasteiger partial charge >= 0.3 is 0 Å². The Labute approximate surface area is 174 Å². The lowest BCUT2D eigenvalue weighted by Gasteiger charge is -2.35. The number of rotatable bonds is 7. The molecule has 1 aliphatic rings. The van der Waals surface area contributed by atoms with Crippen LogP contribution in [0.25, 0.3) is 0 Å². The zero-order valence-corrected chi connectivity index (χ0v) is 17.2. The minimum atomic E-state index is -0.476. The molecule has 0 saturated carbocycles. The van der Waals surface area contributed by atoms with Crippen molar-refractivity contribution in [1.29, 1.82) is 0 Å². The van der Waals surface area contributed by atoms with E-state index in [9.17, 15) is 14.9 Å². The average Bonchev–Trinajstić information content (AvgIpc) is 2.78. The van der Waals surface area contributed by atoms with Crippen molar-refractivity contribution in [1.82, 2.24) is 9.88 Å². The van der Waals surface area contributed by atoms with Gasteiger partial charge in [0.15, 0.2) is 11.5 Å². The SMILES string of the molecule is COc1cc(CC(=O)N2CCN(c3ccc([N+](=O)[O-])cn3)CC2)cc(OC)c1OC. The summed E-state index contributed by atoms with van der Waals surface area (Å²) in [6.45, 7) is 2.29. The molecule has 0 unspecified atom stereocenters. The summed E-state index contributed by atoms with van der Waals surface area (Å²) in [5, 5.41) is 10.8. The summed E-state index contributed by atoms with van der Waals surface area (Å²) >= 11 is 0. The first-order valence-corrected chi connectivity index (χ1v) is 9.39. The highest BCUT2D eigenvalue weighted by Crippen LogP contribution is 2.38. The first-order valence-electron chi connectivity index (χ1n) is 9.39. The molecule has 0 spiro atoms. The van der Waals surface area contributed by atoms with Crippen LogP contribution in [0.5, 0.6) is 17.2 Å². The highest BCUT2D eigenvalue weighted by Gasteiger charge is 2.23. The lowest BCUT2D eigenvalue weighted by atomic mass is 10.1. The third kappa shape index (κ3) is 4.53. The Bertz CT molecular complexity index is 885. The van der Waals surface area contributed by atoms with Crippen molar-refractivity contribution < 1.29 is 23.9 Å². The first-order chi connectivity index (χ1) is 14.5.